The van der Waals surface area contributed by atoms with Crippen molar-refractivity contribution in [1.29, 1.82) is 0 Å². The van der Waals surface area contributed by atoms with Gasteiger partial charge in [-0.25, -0.2) is 4.79 Å². The Bertz CT molecular complexity index is 616. The van der Waals surface area contributed by atoms with Crippen molar-refractivity contribution in [3.05, 3.63) is 34.0 Å². The Labute approximate surface area is 94.8 Å². The van der Waals surface area contributed by atoms with Crippen LogP contribution < -0.4 is 4.74 Å². The van der Waals surface area contributed by atoms with Gasteiger partial charge in [0.15, 0.2) is 5.75 Å². The number of fused-ring (bicyclic) bond motifs is 1. The largest absolute Gasteiger partial charge is 0.490 e. The molecule has 1 aromatic carbocycles. The highest BCUT2D eigenvalue weighted by Gasteiger charge is 2.25. The summed E-state index contributed by atoms with van der Waals surface area (Å²) in [6, 6.07) is 2.95. The number of aromatic carboxylic acids is 1. The van der Waals surface area contributed by atoms with Crippen LogP contribution in [0.25, 0.3) is 10.9 Å². The summed E-state index contributed by atoms with van der Waals surface area (Å²) < 4.78 is 4.87. The number of nitro groups is 1. The van der Waals surface area contributed by atoms with Gasteiger partial charge in [-0.15, -0.1) is 0 Å². The van der Waals surface area contributed by atoms with Crippen LogP contribution in [0.2, 0.25) is 0 Å². The Morgan fingerprint density at radius 2 is 2.24 bits per heavy atom. The van der Waals surface area contributed by atoms with E-state index in [-0.39, 0.29) is 22.4 Å². The van der Waals surface area contributed by atoms with Gasteiger partial charge in [0.2, 0.25) is 0 Å². The number of nitro benzene ring substituents is 1. The van der Waals surface area contributed by atoms with E-state index in [1.54, 1.807) is 0 Å². The third-order valence-corrected chi connectivity index (χ3v) is 2.42. The number of carbonyl (C=O) groups is 1. The molecule has 0 saturated carbocycles. The van der Waals surface area contributed by atoms with Crippen molar-refractivity contribution in [1.82, 2.24) is 4.98 Å². The van der Waals surface area contributed by atoms with E-state index in [1.807, 2.05) is 0 Å². The molecule has 17 heavy (non-hydrogen) atoms. The van der Waals surface area contributed by atoms with E-state index in [2.05, 4.69) is 4.98 Å². The van der Waals surface area contributed by atoms with Gasteiger partial charge in [0.05, 0.1) is 28.5 Å². The Morgan fingerprint density at radius 3 is 2.76 bits per heavy atom. The van der Waals surface area contributed by atoms with Crippen LogP contribution in [-0.4, -0.2) is 28.1 Å². The number of hydrogen-bond donors (Lipinski definition) is 2. The highest BCUT2D eigenvalue weighted by atomic mass is 16.6. The number of hydrogen-bond acceptors (Lipinski definition) is 4. The molecule has 1 heterocycles. The lowest BCUT2D eigenvalue weighted by atomic mass is 10.1. The Balaban J connectivity index is 2.91. The monoisotopic (exact) mass is 236 g/mol. The number of carboxylic acid groups (broad SMARTS) is 1. The van der Waals surface area contributed by atoms with E-state index in [0.29, 0.717) is 5.52 Å². The van der Waals surface area contributed by atoms with Gasteiger partial charge in [0, 0.05) is 6.20 Å². The van der Waals surface area contributed by atoms with Crippen molar-refractivity contribution < 1.29 is 19.6 Å². The number of aromatic nitrogens is 1. The number of methoxy groups -OCH3 is 1. The summed E-state index contributed by atoms with van der Waals surface area (Å²) in [5.41, 5.74) is -0.107. The number of nitrogens with one attached hydrogen (secondary N) is 1. The van der Waals surface area contributed by atoms with E-state index in [0.717, 1.165) is 0 Å². The van der Waals surface area contributed by atoms with Gasteiger partial charge < -0.3 is 14.8 Å². The van der Waals surface area contributed by atoms with E-state index in [9.17, 15) is 14.9 Å². The second kappa shape index (κ2) is 3.78. The molecule has 0 radical (unpaired) electrons. The Hall–Kier alpha value is -2.57. The molecule has 0 unspecified atom stereocenters. The van der Waals surface area contributed by atoms with Crippen LogP contribution in [0.3, 0.4) is 0 Å². The molecule has 0 fully saturated rings. The van der Waals surface area contributed by atoms with E-state index in [1.165, 1.54) is 25.4 Å². The summed E-state index contributed by atoms with van der Waals surface area (Å²) in [5, 5.41) is 20.0. The van der Waals surface area contributed by atoms with E-state index < -0.39 is 10.9 Å². The summed E-state index contributed by atoms with van der Waals surface area (Å²) >= 11 is 0. The second-order valence-electron chi connectivity index (χ2n) is 3.30. The van der Waals surface area contributed by atoms with Crippen molar-refractivity contribution >= 4 is 22.6 Å². The maximum atomic E-state index is 11.0. The normalized spacial score (nSPS) is 10.4. The van der Waals surface area contributed by atoms with Crippen LogP contribution in [0, 0.1) is 10.1 Å². The molecular formula is C10H8N2O5. The Morgan fingerprint density at radius 1 is 1.53 bits per heavy atom. The topological polar surface area (TPSA) is 105 Å². The van der Waals surface area contributed by atoms with Crippen molar-refractivity contribution in [2.45, 2.75) is 0 Å². The Kier molecular flexibility index (Phi) is 2.43. The summed E-state index contributed by atoms with van der Waals surface area (Å²) in [4.78, 5) is 24.0. The highest BCUT2D eigenvalue weighted by molar-refractivity contribution is 6.08. The minimum absolute atomic E-state index is 0.0320. The van der Waals surface area contributed by atoms with E-state index >= 15 is 0 Å². The molecule has 0 saturated heterocycles. The summed E-state index contributed by atoms with van der Waals surface area (Å²) in [7, 11) is 1.29. The molecule has 0 spiro atoms. The van der Waals surface area contributed by atoms with Crippen LogP contribution in [-0.2, 0) is 0 Å². The first-order valence-corrected chi connectivity index (χ1v) is 4.62. The lowest BCUT2D eigenvalue weighted by molar-refractivity contribution is -0.383. The van der Waals surface area contributed by atoms with Crippen molar-refractivity contribution in [2.24, 2.45) is 0 Å². The molecule has 7 heteroatoms. The SMILES string of the molecule is COc1ccc2[nH]cc(C(=O)O)c2c1[N+](=O)[O-]. The molecule has 88 valence electrons. The smallest absolute Gasteiger partial charge is 0.338 e. The van der Waals surface area contributed by atoms with Crippen LogP contribution in [0.1, 0.15) is 10.4 Å². The first-order valence-electron chi connectivity index (χ1n) is 4.62. The zero-order valence-electron chi connectivity index (χ0n) is 8.76. The summed E-state index contributed by atoms with van der Waals surface area (Å²) in [6.07, 6.45) is 1.22. The molecule has 0 atom stereocenters. The number of nitrogens with zero attached hydrogens (tertiary/aromatic N) is 1. The number of benzene rings is 1. The average Bonchev–Trinajstić information content (AvgIpc) is 2.70. The standard InChI is InChI=1S/C10H8N2O5/c1-17-7-3-2-6-8(9(7)12(15)16)5(4-11-6)10(13)14/h2-4,11H,1H3,(H,13,14). The number of ether oxygens (including phenoxy) is 1. The maximum absolute atomic E-state index is 11.0. The molecule has 7 nitrogen and oxygen atoms in total. The van der Waals surface area contributed by atoms with Gasteiger partial charge in [-0.05, 0) is 12.1 Å². The zero-order valence-corrected chi connectivity index (χ0v) is 8.76. The quantitative estimate of drug-likeness (QED) is 0.624. The first kappa shape index (κ1) is 10.9. The molecule has 0 amide bonds. The molecule has 0 aliphatic heterocycles. The second-order valence-corrected chi connectivity index (χ2v) is 3.30. The lowest BCUT2D eigenvalue weighted by Gasteiger charge is -2.02. The van der Waals surface area contributed by atoms with Crippen molar-refractivity contribution in [3.63, 3.8) is 0 Å². The fourth-order valence-corrected chi connectivity index (χ4v) is 1.70. The maximum Gasteiger partial charge on any atom is 0.338 e. The molecule has 2 N–H and O–H groups in total. The van der Waals surface area contributed by atoms with Gasteiger partial charge in [-0.3, -0.25) is 10.1 Å². The third kappa shape index (κ3) is 1.57. The molecule has 2 aromatic rings. The summed E-state index contributed by atoms with van der Waals surface area (Å²) in [6.45, 7) is 0. The van der Waals surface area contributed by atoms with Crippen LogP contribution >= 0.6 is 0 Å². The molecule has 0 aliphatic carbocycles. The number of H-pyrrole nitrogens is 1. The minimum Gasteiger partial charge on any atom is -0.490 e. The predicted molar refractivity (Wildman–Crippen MR) is 58.5 cm³/mol. The third-order valence-electron chi connectivity index (χ3n) is 2.42. The number of rotatable bonds is 3. The van der Waals surface area contributed by atoms with Gasteiger partial charge in [-0.2, -0.15) is 0 Å². The molecule has 2 rings (SSSR count). The number of aromatic amines is 1. The molecule has 1 aromatic heterocycles. The predicted octanol–water partition coefficient (Wildman–Crippen LogP) is 1.78. The van der Waals surface area contributed by atoms with Crippen LogP contribution in [0.4, 0.5) is 5.69 Å². The fraction of sp³-hybridized carbons (Fsp3) is 0.100. The lowest BCUT2D eigenvalue weighted by Crippen LogP contribution is -1.99. The van der Waals surface area contributed by atoms with Gasteiger partial charge >= 0.3 is 11.7 Å². The number of carboxylic acids is 1. The average molecular weight is 236 g/mol. The summed E-state index contributed by atoms with van der Waals surface area (Å²) in [5.74, 6) is -1.20. The van der Waals surface area contributed by atoms with Gasteiger partial charge in [0.25, 0.3) is 0 Å². The van der Waals surface area contributed by atoms with Crippen LogP contribution in [0.15, 0.2) is 18.3 Å². The molecule has 0 bridgehead atoms. The molecular weight excluding hydrogens is 228 g/mol. The minimum atomic E-state index is -1.23. The van der Waals surface area contributed by atoms with E-state index in [4.69, 9.17) is 9.84 Å². The van der Waals surface area contributed by atoms with Crippen molar-refractivity contribution in [3.8, 4) is 5.75 Å². The van der Waals surface area contributed by atoms with Gasteiger partial charge in [-0.1, -0.05) is 0 Å². The van der Waals surface area contributed by atoms with Crippen molar-refractivity contribution in [2.75, 3.05) is 7.11 Å². The zero-order chi connectivity index (χ0) is 12.6. The fourth-order valence-electron chi connectivity index (χ4n) is 1.70. The van der Waals surface area contributed by atoms with Gasteiger partial charge in [0.1, 0.15) is 0 Å². The van der Waals surface area contributed by atoms with Crippen LogP contribution in [0.5, 0.6) is 5.75 Å². The highest BCUT2D eigenvalue weighted by Crippen LogP contribution is 2.36. The first-order chi connectivity index (χ1) is 8.06. The molecule has 0 aliphatic rings.